The highest BCUT2D eigenvalue weighted by atomic mass is 35.5. The molecule has 2 aliphatic rings. The molecule has 3 aromatic heterocycles. The number of ether oxygens (including phenoxy) is 8. The number of hydrogen-bond acceptors (Lipinski definition) is 14. The van der Waals surface area contributed by atoms with Gasteiger partial charge in [-0.2, -0.15) is 0 Å². The summed E-state index contributed by atoms with van der Waals surface area (Å²) in [6, 6.07) is 60.9. The molecule has 5 heterocycles. The Morgan fingerprint density at radius 3 is 0.713 bits per heavy atom. The number of H-pyrrole nitrogens is 2. The van der Waals surface area contributed by atoms with Crippen molar-refractivity contribution in [2.45, 2.75) is 0 Å². The van der Waals surface area contributed by atoms with Gasteiger partial charge in [0, 0.05) is 108 Å². The van der Waals surface area contributed by atoms with E-state index in [4.69, 9.17) is 207 Å². The van der Waals surface area contributed by atoms with E-state index in [1.165, 1.54) is 0 Å². The fraction of sp³-hybridized carbons (Fsp3) is 0. The fourth-order valence-corrected chi connectivity index (χ4v) is 14.2. The lowest BCUT2D eigenvalue weighted by Gasteiger charge is -2.14. The monoisotopic (exact) mass is 1660 g/mol. The third-order valence-electron chi connectivity index (χ3n) is 16.7. The summed E-state index contributed by atoms with van der Waals surface area (Å²) in [4.78, 5) is 38.9. The van der Waals surface area contributed by atoms with E-state index < -0.39 is 0 Å². The second-order valence-corrected chi connectivity index (χ2v) is 29.0. The summed E-state index contributed by atoms with van der Waals surface area (Å²) in [6.07, 6.45) is 0. The van der Waals surface area contributed by atoms with Crippen molar-refractivity contribution < 1.29 is 37.9 Å². The number of aromatic amines is 2. The molecule has 2 aliphatic heterocycles. The van der Waals surface area contributed by atoms with E-state index in [0.717, 1.165) is 0 Å². The second-order valence-electron chi connectivity index (χ2n) is 23.9. The fourth-order valence-electron chi connectivity index (χ4n) is 11.8. The Morgan fingerprint density at radius 2 is 0.426 bits per heavy atom. The zero-order valence-electron chi connectivity index (χ0n) is 54.3. The summed E-state index contributed by atoms with van der Waals surface area (Å²) in [5, 5.41) is 6.51. The zero-order valence-corrected chi connectivity index (χ0v) is 63.3. The molecule has 16 nitrogen and oxygen atoms in total. The third kappa shape index (κ3) is 14.8. The lowest BCUT2D eigenvalue weighted by Crippen LogP contribution is -1.92. The molecule has 0 unspecified atom stereocenters. The third-order valence-corrected chi connectivity index (χ3v) is 19.8. The maximum Gasteiger partial charge on any atom is 0.171 e. The maximum atomic E-state index is 6.69. The van der Waals surface area contributed by atoms with Gasteiger partial charge in [-0.1, -0.05) is 139 Å². The van der Waals surface area contributed by atoms with E-state index in [0.29, 0.717) is 176 Å². The Morgan fingerprint density at radius 1 is 0.185 bits per heavy atom. The van der Waals surface area contributed by atoms with Crippen LogP contribution in [-0.2, 0) is 0 Å². The Hall–Kier alpha value is -10.1. The maximum absolute atomic E-state index is 6.69. The van der Waals surface area contributed by atoms with Gasteiger partial charge in [0.2, 0.25) is 0 Å². The first-order valence-electron chi connectivity index (χ1n) is 32.1. The molecule has 0 fully saturated rings. The molecular weight excluding hydrogens is 1630 g/mol. The first-order valence-corrected chi connectivity index (χ1v) is 36.6. The van der Waals surface area contributed by atoms with Crippen LogP contribution in [0.4, 0.5) is 0 Å². The van der Waals surface area contributed by atoms with Gasteiger partial charge in [-0.05, 0) is 194 Å². The summed E-state index contributed by atoms with van der Waals surface area (Å²) >= 11 is 78.2. The van der Waals surface area contributed by atoms with E-state index in [-0.39, 0.29) is 66.4 Å². The smallest absolute Gasteiger partial charge is 0.171 e. The second kappa shape index (κ2) is 29.5. The number of benzene rings is 12. The van der Waals surface area contributed by atoms with Crippen LogP contribution < -0.4 is 37.9 Å². The largest absolute Gasteiger partial charge is 0.453 e. The molecule has 15 aromatic rings. The summed E-state index contributed by atoms with van der Waals surface area (Å²) in [5.41, 5.74) is 3.36. The number of nitrogens with zero attached hydrogens (tertiary/aromatic N) is 6. The van der Waals surface area contributed by atoms with Crippen molar-refractivity contribution in [3.05, 3.63) is 279 Å². The minimum absolute atomic E-state index is 0.212. The molecule has 0 radical (unpaired) electrons. The number of nitrogens with one attached hydrogen (secondary N) is 2. The van der Waals surface area contributed by atoms with Crippen LogP contribution in [0.25, 0.3) is 89.7 Å². The van der Waals surface area contributed by atoms with Crippen LogP contribution in [0.15, 0.2) is 218 Å². The van der Waals surface area contributed by atoms with E-state index in [2.05, 4.69) is 9.97 Å². The SMILES string of the molecule is Clc1ccc(Oc2ccc(Cl)cc2Oc2ccc3c(c2)-c2nc-3nc3[nH]c(nc4nc(nc5[nH]c(n2)c2ccc(Oc6cc(Cl)ccc6Oc6ccc(Cl)cc6Cl)cc52)-c2ccc(Oc5cc(Cl)ccc5Oc5ccc(Cl)cc5Cl)cc2-4)c2ccc(Oc4cc(Cl)ccc4Oc4ccc(Cl)cc4Cl)cc32)c(Cl)c1. The van der Waals surface area contributed by atoms with Crippen molar-refractivity contribution in [2.75, 3.05) is 0 Å². The molecular formula is C80H38Cl12N8O8. The number of fused-ring (bicyclic) bond motifs is 20. The van der Waals surface area contributed by atoms with Gasteiger partial charge in [-0.25, -0.2) is 29.9 Å². The Balaban J connectivity index is 0.864. The molecule has 0 spiro atoms. The quantitative estimate of drug-likeness (QED) is 0.0932. The van der Waals surface area contributed by atoms with Gasteiger partial charge in [0.25, 0.3) is 0 Å². The Labute approximate surface area is 671 Å². The van der Waals surface area contributed by atoms with Crippen molar-refractivity contribution in [3.63, 3.8) is 0 Å². The predicted octanol–water partition coefficient (Wildman–Crippen LogP) is 29.0. The standard InChI is InChI=1S/C80H38Cl12N8O8/c81-37-1-17-61(57(89)25-37)105-65-21-5-41(85)29-69(65)101-45-9-13-49-53(33-45)77-93-73(49)98-78-55-35-47(103-71-31-43(87)7-23-67(71)107-63-19-3-39(83)27-59(63)91)11-15-51(55)75(95-78)100-80-56-36-48(104-72-32-44(88)8-24-68(72)108-64-20-4-40(84)28-60(64)92)12-16-52(56)76(96-80)99-79-54-34-46(10-14-50(54)74(94-79)97-77)102-70-30-42(86)6-22-66(70)106-62-18-2-38(82)26-58(62)90/h1-36H,(H2,93,94,95,96,97,98,99,100). The average molecular weight is 1660 g/mol. The zero-order chi connectivity index (χ0) is 74.2. The summed E-state index contributed by atoms with van der Waals surface area (Å²) < 4.78 is 52.0. The lowest BCUT2D eigenvalue weighted by molar-refractivity contribution is 0.419. The van der Waals surface area contributed by atoms with Gasteiger partial charge in [-0.3, -0.25) is 0 Å². The van der Waals surface area contributed by atoms with Crippen molar-refractivity contribution >= 4 is 183 Å². The highest BCUT2D eigenvalue weighted by molar-refractivity contribution is 6.38. The predicted molar refractivity (Wildman–Crippen MR) is 428 cm³/mol. The number of rotatable bonds is 16. The Kier molecular flexibility index (Phi) is 19.3. The van der Waals surface area contributed by atoms with Gasteiger partial charge in [0.15, 0.2) is 69.3 Å². The van der Waals surface area contributed by atoms with Crippen molar-refractivity contribution in [2.24, 2.45) is 0 Å². The number of hydrogen-bond donors (Lipinski definition) is 2. The van der Waals surface area contributed by atoms with Gasteiger partial charge in [0.05, 0.1) is 20.1 Å². The van der Waals surface area contributed by atoms with Crippen LogP contribution in [-0.4, -0.2) is 39.9 Å². The van der Waals surface area contributed by atoms with Crippen molar-refractivity contribution in [1.29, 1.82) is 0 Å². The van der Waals surface area contributed by atoms with Gasteiger partial charge >= 0.3 is 0 Å². The Bertz CT molecular complexity index is 6060. The molecule has 2 N–H and O–H groups in total. The minimum Gasteiger partial charge on any atom is -0.453 e. The first kappa shape index (κ1) is 70.8. The highest BCUT2D eigenvalue weighted by Crippen LogP contribution is 2.49. The summed E-state index contributed by atoms with van der Waals surface area (Å²) in [6.45, 7) is 0. The van der Waals surface area contributed by atoms with E-state index in [9.17, 15) is 0 Å². The van der Waals surface area contributed by atoms with Gasteiger partial charge in [0.1, 0.15) is 68.6 Å². The molecule has 17 rings (SSSR count). The van der Waals surface area contributed by atoms with E-state index in [1.54, 1.807) is 194 Å². The van der Waals surface area contributed by atoms with Gasteiger partial charge < -0.3 is 47.9 Å². The topological polar surface area (TPSA) is 183 Å². The van der Waals surface area contributed by atoms with Crippen molar-refractivity contribution in [3.8, 4) is 138 Å². The average Bonchev–Trinajstić information content (AvgIpc) is 1.60. The molecule has 0 amide bonds. The summed E-state index contributed by atoms with van der Waals surface area (Å²) in [5.74, 6) is 5.78. The van der Waals surface area contributed by atoms with Crippen LogP contribution in [0.2, 0.25) is 60.3 Å². The molecule has 12 aromatic carbocycles. The van der Waals surface area contributed by atoms with Crippen molar-refractivity contribution in [1.82, 2.24) is 39.9 Å². The molecule has 0 saturated heterocycles. The molecule has 0 atom stereocenters. The minimum atomic E-state index is 0.212. The number of aromatic nitrogens is 8. The molecule has 0 aliphatic carbocycles. The molecule has 8 bridgehead atoms. The van der Waals surface area contributed by atoms with E-state index in [1.807, 2.05) is 24.3 Å². The van der Waals surface area contributed by atoms with Crippen LogP contribution >= 0.6 is 139 Å². The number of halogens is 12. The molecule has 530 valence electrons. The normalized spacial score (nSPS) is 11.5. The van der Waals surface area contributed by atoms with Crippen LogP contribution in [0.5, 0.6) is 92.0 Å². The highest BCUT2D eigenvalue weighted by Gasteiger charge is 2.27. The molecule has 108 heavy (non-hydrogen) atoms. The van der Waals surface area contributed by atoms with Crippen LogP contribution in [0.3, 0.4) is 0 Å². The molecule has 0 saturated carbocycles. The van der Waals surface area contributed by atoms with Gasteiger partial charge in [-0.15, -0.1) is 0 Å². The van der Waals surface area contributed by atoms with E-state index >= 15 is 0 Å². The lowest BCUT2D eigenvalue weighted by atomic mass is 10.1. The van der Waals surface area contributed by atoms with Crippen LogP contribution in [0, 0.1) is 0 Å². The molecule has 28 heteroatoms. The van der Waals surface area contributed by atoms with Crippen LogP contribution in [0.1, 0.15) is 0 Å². The summed E-state index contributed by atoms with van der Waals surface area (Å²) in [7, 11) is 0. The first-order chi connectivity index (χ1) is 52.3.